The van der Waals surface area contributed by atoms with E-state index < -0.39 is 0 Å². The monoisotopic (exact) mass is 425 g/mol. The Balaban J connectivity index is 1.77. The van der Waals surface area contributed by atoms with Crippen molar-refractivity contribution in [3.63, 3.8) is 0 Å². The highest BCUT2D eigenvalue weighted by Crippen LogP contribution is 2.36. The number of aryl methyl sites for hydroxylation is 1. The molecule has 1 aliphatic rings. The third-order valence-electron chi connectivity index (χ3n) is 5.82. The van der Waals surface area contributed by atoms with E-state index in [1.165, 1.54) is 10.4 Å². The number of hydrogen-bond acceptors (Lipinski definition) is 5. The maximum absolute atomic E-state index is 13.5. The first kappa shape index (κ1) is 20.6. The van der Waals surface area contributed by atoms with Crippen LogP contribution in [-0.2, 0) is 30.6 Å². The Bertz CT molecular complexity index is 1130. The fourth-order valence-electron chi connectivity index (χ4n) is 4.17. The van der Waals surface area contributed by atoms with Crippen LogP contribution in [-0.4, -0.2) is 22.6 Å². The fourth-order valence-corrected chi connectivity index (χ4v) is 5.56. The summed E-state index contributed by atoms with van der Waals surface area (Å²) in [6, 6.07) is 7.80. The normalized spacial score (nSPS) is 15.9. The number of carbonyl (C=O) groups is 1. The number of fused-ring (bicyclic) bond motifs is 3. The van der Waals surface area contributed by atoms with Crippen LogP contribution < -0.4 is 16.0 Å². The van der Waals surface area contributed by atoms with Crippen molar-refractivity contribution in [2.24, 2.45) is 11.7 Å². The number of primary amides is 1. The molecule has 1 aliphatic carbocycles. The number of amides is 1. The van der Waals surface area contributed by atoms with E-state index in [9.17, 15) is 9.59 Å². The van der Waals surface area contributed by atoms with Gasteiger partial charge in [0.15, 0.2) is 0 Å². The summed E-state index contributed by atoms with van der Waals surface area (Å²) in [7, 11) is 1.64. The zero-order chi connectivity index (χ0) is 21.3. The number of hydrogen-bond donors (Lipinski definition) is 1. The highest BCUT2D eigenvalue weighted by molar-refractivity contribution is 7.18. The standard InChI is InChI=1S/C23H27N3O3S/c1-14-5-10-17-18(12-14)30-22-21(17)23(28)26(11-3-4-19(24)27)20(25-22)13-15-6-8-16(29-2)9-7-15/h6-9,14H,3-5,10-13H2,1-2H3,(H2,24,27). The first-order valence-electron chi connectivity index (χ1n) is 10.4. The van der Waals surface area contributed by atoms with Crippen LogP contribution >= 0.6 is 11.3 Å². The number of nitrogens with zero attached hydrogens (tertiary/aromatic N) is 2. The smallest absolute Gasteiger partial charge is 0.262 e. The molecule has 1 unspecified atom stereocenters. The number of thiophene rings is 1. The maximum atomic E-state index is 13.5. The molecular weight excluding hydrogens is 398 g/mol. The second-order valence-electron chi connectivity index (χ2n) is 8.11. The Labute approximate surface area is 179 Å². The fraction of sp³-hybridized carbons (Fsp3) is 0.435. The van der Waals surface area contributed by atoms with Crippen LogP contribution in [0, 0.1) is 5.92 Å². The molecule has 6 nitrogen and oxygen atoms in total. The average Bonchev–Trinajstić information content (AvgIpc) is 3.08. The summed E-state index contributed by atoms with van der Waals surface area (Å²) in [5.74, 6) is 1.81. The summed E-state index contributed by atoms with van der Waals surface area (Å²) in [6.45, 7) is 2.70. The summed E-state index contributed by atoms with van der Waals surface area (Å²) in [5, 5.41) is 0.777. The van der Waals surface area contributed by atoms with Gasteiger partial charge in [0, 0.05) is 24.3 Å². The lowest BCUT2D eigenvalue weighted by Gasteiger charge is -2.18. The minimum absolute atomic E-state index is 0.0139. The van der Waals surface area contributed by atoms with Crippen molar-refractivity contribution < 1.29 is 9.53 Å². The lowest BCUT2D eigenvalue weighted by atomic mass is 9.89. The number of aromatic nitrogens is 2. The maximum Gasteiger partial charge on any atom is 0.262 e. The molecule has 0 saturated carbocycles. The Morgan fingerprint density at radius 1 is 1.33 bits per heavy atom. The van der Waals surface area contributed by atoms with Gasteiger partial charge in [0.25, 0.3) is 5.56 Å². The molecular formula is C23H27N3O3S. The zero-order valence-electron chi connectivity index (χ0n) is 17.4. The molecule has 0 saturated heterocycles. The summed E-state index contributed by atoms with van der Waals surface area (Å²) in [6.07, 6.45) is 4.39. The number of ether oxygens (including phenoxy) is 1. The predicted molar refractivity (Wildman–Crippen MR) is 119 cm³/mol. The van der Waals surface area contributed by atoms with Crippen LogP contribution in [0.3, 0.4) is 0 Å². The SMILES string of the molecule is COc1ccc(Cc2nc3sc4c(c3c(=O)n2CCCC(N)=O)CCC(C)C4)cc1. The van der Waals surface area contributed by atoms with E-state index in [2.05, 4.69) is 6.92 Å². The lowest BCUT2D eigenvalue weighted by molar-refractivity contribution is -0.118. The Kier molecular flexibility index (Phi) is 5.90. The van der Waals surface area contributed by atoms with Gasteiger partial charge < -0.3 is 10.5 Å². The quantitative estimate of drug-likeness (QED) is 0.628. The van der Waals surface area contributed by atoms with E-state index in [0.717, 1.165) is 46.6 Å². The van der Waals surface area contributed by atoms with Crippen molar-refractivity contribution in [3.05, 3.63) is 56.4 Å². The molecule has 158 valence electrons. The van der Waals surface area contributed by atoms with Crippen molar-refractivity contribution in [3.8, 4) is 5.75 Å². The molecule has 2 aromatic heterocycles. The molecule has 1 atom stereocenters. The molecule has 1 amide bonds. The second kappa shape index (κ2) is 8.60. The number of benzene rings is 1. The van der Waals surface area contributed by atoms with Crippen LogP contribution in [0.5, 0.6) is 5.75 Å². The summed E-state index contributed by atoms with van der Waals surface area (Å²) < 4.78 is 6.99. The number of methoxy groups -OCH3 is 1. The van der Waals surface area contributed by atoms with Crippen LogP contribution in [0.2, 0.25) is 0 Å². The zero-order valence-corrected chi connectivity index (χ0v) is 18.3. The van der Waals surface area contributed by atoms with Gasteiger partial charge in [-0.15, -0.1) is 11.3 Å². The number of nitrogens with two attached hydrogens (primary N) is 1. The highest BCUT2D eigenvalue weighted by Gasteiger charge is 2.24. The molecule has 0 aliphatic heterocycles. The van der Waals surface area contributed by atoms with E-state index in [1.54, 1.807) is 23.0 Å². The number of carbonyl (C=O) groups excluding carboxylic acids is 1. The van der Waals surface area contributed by atoms with Gasteiger partial charge in [0.05, 0.1) is 12.5 Å². The van der Waals surface area contributed by atoms with Crippen LogP contribution in [0.1, 0.15) is 48.0 Å². The molecule has 0 radical (unpaired) electrons. The van der Waals surface area contributed by atoms with Crippen molar-refractivity contribution in [2.75, 3.05) is 7.11 Å². The first-order chi connectivity index (χ1) is 14.5. The van der Waals surface area contributed by atoms with Crippen LogP contribution in [0.25, 0.3) is 10.2 Å². The summed E-state index contributed by atoms with van der Waals surface area (Å²) in [5.41, 5.74) is 7.57. The third-order valence-corrected chi connectivity index (χ3v) is 6.97. The molecule has 0 bridgehead atoms. The van der Waals surface area contributed by atoms with Crippen LogP contribution in [0.15, 0.2) is 29.1 Å². The van der Waals surface area contributed by atoms with E-state index in [-0.39, 0.29) is 17.9 Å². The van der Waals surface area contributed by atoms with Gasteiger partial charge in [0.2, 0.25) is 5.91 Å². The third kappa shape index (κ3) is 4.12. The van der Waals surface area contributed by atoms with Gasteiger partial charge in [-0.25, -0.2) is 4.98 Å². The Morgan fingerprint density at radius 3 is 2.80 bits per heavy atom. The molecule has 1 aromatic carbocycles. The predicted octanol–water partition coefficient (Wildman–Crippen LogP) is 3.45. The van der Waals surface area contributed by atoms with E-state index in [0.29, 0.717) is 25.3 Å². The number of rotatable bonds is 7. The van der Waals surface area contributed by atoms with Crippen molar-refractivity contribution in [1.82, 2.24) is 9.55 Å². The minimum atomic E-state index is -0.351. The van der Waals surface area contributed by atoms with Gasteiger partial charge in [-0.1, -0.05) is 19.1 Å². The summed E-state index contributed by atoms with van der Waals surface area (Å²) >= 11 is 1.67. The largest absolute Gasteiger partial charge is 0.497 e. The van der Waals surface area contributed by atoms with E-state index in [4.69, 9.17) is 15.5 Å². The van der Waals surface area contributed by atoms with Gasteiger partial charge in [-0.2, -0.15) is 0 Å². The molecule has 4 rings (SSSR count). The molecule has 7 heteroatoms. The van der Waals surface area contributed by atoms with Gasteiger partial charge in [0.1, 0.15) is 16.4 Å². The van der Waals surface area contributed by atoms with Crippen molar-refractivity contribution >= 4 is 27.5 Å². The van der Waals surface area contributed by atoms with Gasteiger partial charge >= 0.3 is 0 Å². The van der Waals surface area contributed by atoms with Crippen molar-refractivity contribution in [2.45, 2.75) is 52.0 Å². The highest BCUT2D eigenvalue weighted by atomic mass is 32.1. The van der Waals surface area contributed by atoms with Crippen LogP contribution in [0.4, 0.5) is 0 Å². The second-order valence-corrected chi connectivity index (χ2v) is 9.20. The van der Waals surface area contributed by atoms with E-state index >= 15 is 0 Å². The topological polar surface area (TPSA) is 87.2 Å². The van der Waals surface area contributed by atoms with Gasteiger partial charge in [-0.3, -0.25) is 14.2 Å². The molecule has 3 aromatic rings. The molecule has 0 fully saturated rings. The summed E-state index contributed by atoms with van der Waals surface area (Å²) in [4.78, 5) is 31.8. The average molecular weight is 426 g/mol. The Morgan fingerprint density at radius 2 is 2.10 bits per heavy atom. The lowest BCUT2D eigenvalue weighted by Crippen LogP contribution is -2.27. The van der Waals surface area contributed by atoms with Gasteiger partial charge in [-0.05, 0) is 54.9 Å². The molecule has 30 heavy (non-hydrogen) atoms. The molecule has 2 heterocycles. The Hall–Kier alpha value is -2.67. The molecule has 0 spiro atoms. The minimum Gasteiger partial charge on any atom is -0.497 e. The first-order valence-corrected chi connectivity index (χ1v) is 11.2. The van der Waals surface area contributed by atoms with Crippen molar-refractivity contribution in [1.29, 1.82) is 0 Å². The molecule has 2 N–H and O–H groups in total. The van der Waals surface area contributed by atoms with E-state index in [1.807, 2.05) is 24.3 Å².